The molecule has 164 valence electrons. The Labute approximate surface area is 183 Å². The molecule has 4 aromatic rings. The zero-order valence-corrected chi connectivity index (χ0v) is 18.1. The number of aromatic hydroxyl groups is 1. The largest absolute Gasteiger partial charge is 0.497 e. The van der Waals surface area contributed by atoms with E-state index in [1.807, 2.05) is 50.2 Å². The fourth-order valence-electron chi connectivity index (χ4n) is 4.56. The van der Waals surface area contributed by atoms with E-state index in [0.717, 1.165) is 45.5 Å². The highest BCUT2D eigenvalue weighted by Crippen LogP contribution is 2.36. The highest BCUT2D eigenvalue weighted by molar-refractivity contribution is 5.86. The van der Waals surface area contributed by atoms with Gasteiger partial charge in [0.05, 0.1) is 18.8 Å². The van der Waals surface area contributed by atoms with Crippen molar-refractivity contribution in [2.24, 2.45) is 0 Å². The van der Waals surface area contributed by atoms with E-state index in [1.165, 1.54) is 4.57 Å². The first-order chi connectivity index (χ1) is 15.4. The van der Waals surface area contributed by atoms with E-state index in [4.69, 9.17) is 4.74 Å². The Kier molecular flexibility index (Phi) is 4.67. The molecule has 0 bridgehead atoms. The molecule has 0 saturated carbocycles. The molecule has 1 atom stereocenters. The third-order valence-electron chi connectivity index (χ3n) is 6.17. The summed E-state index contributed by atoms with van der Waals surface area (Å²) in [5.41, 5.74) is 3.86. The molecule has 2 aromatic carbocycles. The predicted octanol–water partition coefficient (Wildman–Crippen LogP) is 2.57. The Hall–Kier alpha value is -3.78. The van der Waals surface area contributed by atoms with Crippen molar-refractivity contribution in [1.29, 1.82) is 0 Å². The summed E-state index contributed by atoms with van der Waals surface area (Å²) in [5.74, 6) is 0.382. The van der Waals surface area contributed by atoms with Gasteiger partial charge >= 0.3 is 5.69 Å². The number of aryl methyl sites for hydroxylation is 2. The molecule has 32 heavy (non-hydrogen) atoms. The van der Waals surface area contributed by atoms with Crippen LogP contribution in [0.5, 0.6) is 11.6 Å². The van der Waals surface area contributed by atoms with Gasteiger partial charge in [0.25, 0.3) is 5.56 Å². The quantitative estimate of drug-likeness (QED) is 0.398. The lowest BCUT2D eigenvalue weighted by atomic mass is 9.95. The van der Waals surface area contributed by atoms with Crippen molar-refractivity contribution in [2.45, 2.75) is 26.3 Å². The van der Waals surface area contributed by atoms with Gasteiger partial charge in [0.15, 0.2) is 0 Å². The topological polar surface area (TPSA) is 112 Å². The molecule has 0 radical (unpaired) electrons. The van der Waals surface area contributed by atoms with Crippen molar-refractivity contribution >= 4 is 10.9 Å². The summed E-state index contributed by atoms with van der Waals surface area (Å²) in [6, 6.07) is 10.8. The normalized spacial score (nSPS) is 15.7. The fraction of sp³-hybridized carbons (Fsp3) is 0.250. The number of fused-ring (bicyclic) bond motifs is 3. The SMILES string of the molecule is COc1ccc2[nH]c3c(c2c1)CCN[C@H]3c1c(O)n(-c2cc(C)ccc2C)c(=O)[nH]c1=O. The molecule has 0 spiro atoms. The third-order valence-corrected chi connectivity index (χ3v) is 6.17. The Morgan fingerprint density at radius 1 is 1.09 bits per heavy atom. The first kappa shape index (κ1) is 20.1. The second-order valence-electron chi connectivity index (χ2n) is 8.19. The van der Waals surface area contributed by atoms with Crippen LogP contribution in [0.4, 0.5) is 0 Å². The van der Waals surface area contributed by atoms with Crippen molar-refractivity contribution < 1.29 is 9.84 Å². The molecule has 4 N–H and O–H groups in total. The molecule has 2 aromatic heterocycles. The van der Waals surface area contributed by atoms with Gasteiger partial charge in [-0.3, -0.25) is 9.78 Å². The van der Waals surface area contributed by atoms with E-state index in [-0.39, 0.29) is 11.4 Å². The molecule has 5 rings (SSSR count). The van der Waals surface area contributed by atoms with Gasteiger partial charge < -0.3 is 20.1 Å². The van der Waals surface area contributed by atoms with Gasteiger partial charge in [0.2, 0.25) is 5.88 Å². The molecule has 0 saturated heterocycles. The number of aromatic amines is 2. The van der Waals surface area contributed by atoms with Crippen LogP contribution >= 0.6 is 0 Å². The summed E-state index contributed by atoms with van der Waals surface area (Å²) in [5, 5.41) is 15.6. The maximum Gasteiger partial charge on any atom is 0.335 e. The number of nitrogens with one attached hydrogen (secondary N) is 3. The minimum Gasteiger partial charge on any atom is -0.497 e. The zero-order valence-electron chi connectivity index (χ0n) is 18.1. The number of rotatable bonds is 3. The van der Waals surface area contributed by atoms with Crippen LogP contribution in [0.25, 0.3) is 16.6 Å². The van der Waals surface area contributed by atoms with Crippen molar-refractivity contribution in [1.82, 2.24) is 19.9 Å². The number of nitrogens with zero attached hydrogens (tertiary/aromatic N) is 1. The predicted molar refractivity (Wildman–Crippen MR) is 122 cm³/mol. The lowest BCUT2D eigenvalue weighted by Crippen LogP contribution is -2.38. The molecule has 1 aliphatic rings. The molecule has 0 amide bonds. The molecular weight excluding hydrogens is 408 g/mol. The van der Waals surface area contributed by atoms with Crippen molar-refractivity contribution in [3.05, 3.63) is 85.2 Å². The minimum atomic E-state index is -0.678. The van der Waals surface area contributed by atoms with Gasteiger partial charge in [-0.15, -0.1) is 0 Å². The van der Waals surface area contributed by atoms with Crippen LogP contribution in [0.1, 0.15) is 34.0 Å². The van der Waals surface area contributed by atoms with Crippen LogP contribution < -0.4 is 21.3 Å². The monoisotopic (exact) mass is 432 g/mol. The molecule has 1 aliphatic heterocycles. The van der Waals surface area contributed by atoms with E-state index >= 15 is 0 Å². The smallest absolute Gasteiger partial charge is 0.335 e. The maximum absolute atomic E-state index is 12.9. The lowest BCUT2D eigenvalue weighted by Gasteiger charge is -2.25. The second-order valence-corrected chi connectivity index (χ2v) is 8.19. The third kappa shape index (κ3) is 3.03. The Morgan fingerprint density at radius 3 is 2.69 bits per heavy atom. The standard InChI is InChI=1S/C24H24N4O4/c1-12-4-5-13(2)18(10-12)28-23(30)19(22(29)27-24(28)31)21-20-15(8-9-25-21)16-11-14(32-3)6-7-17(16)26-20/h4-7,10-11,21,25-26,30H,8-9H2,1-3H3,(H,27,29,31)/t21-/m0/s1. The number of hydrogen-bond acceptors (Lipinski definition) is 5. The van der Waals surface area contributed by atoms with Crippen LogP contribution in [0.15, 0.2) is 46.0 Å². The zero-order chi connectivity index (χ0) is 22.6. The van der Waals surface area contributed by atoms with Crippen molar-refractivity contribution in [2.75, 3.05) is 13.7 Å². The number of aromatic nitrogens is 3. The molecule has 8 heteroatoms. The van der Waals surface area contributed by atoms with Gasteiger partial charge in [0.1, 0.15) is 11.3 Å². The Balaban J connectivity index is 1.75. The van der Waals surface area contributed by atoms with Crippen LogP contribution in [0, 0.1) is 13.8 Å². The first-order valence-corrected chi connectivity index (χ1v) is 10.5. The molecule has 0 fully saturated rings. The van der Waals surface area contributed by atoms with Crippen LogP contribution in [-0.2, 0) is 6.42 Å². The van der Waals surface area contributed by atoms with Crippen molar-refractivity contribution in [3.8, 4) is 17.3 Å². The van der Waals surface area contributed by atoms with E-state index in [2.05, 4.69) is 15.3 Å². The average molecular weight is 432 g/mol. The van der Waals surface area contributed by atoms with Crippen LogP contribution in [0.2, 0.25) is 0 Å². The molecule has 0 aliphatic carbocycles. The summed E-state index contributed by atoms with van der Waals surface area (Å²) >= 11 is 0. The summed E-state index contributed by atoms with van der Waals surface area (Å²) in [7, 11) is 1.62. The molecular formula is C24H24N4O4. The average Bonchev–Trinajstić information content (AvgIpc) is 3.14. The number of benzene rings is 2. The Morgan fingerprint density at radius 2 is 1.91 bits per heavy atom. The summed E-state index contributed by atoms with van der Waals surface area (Å²) < 4.78 is 6.54. The summed E-state index contributed by atoms with van der Waals surface area (Å²) in [4.78, 5) is 31.4. The van der Waals surface area contributed by atoms with E-state index in [9.17, 15) is 14.7 Å². The van der Waals surface area contributed by atoms with Gasteiger partial charge in [-0.05, 0) is 61.2 Å². The van der Waals surface area contributed by atoms with Gasteiger partial charge in [-0.1, -0.05) is 12.1 Å². The Bertz CT molecular complexity index is 1480. The maximum atomic E-state index is 12.9. The minimum absolute atomic E-state index is 0.102. The number of hydrogen-bond donors (Lipinski definition) is 4. The summed E-state index contributed by atoms with van der Waals surface area (Å²) in [6.07, 6.45) is 0.758. The van der Waals surface area contributed by atoms with E-state index in [1.54, 1.807) is 7.11 Å². The van der Waals surface area contributed by atoms with Gasteiger partial charge in [-0.2, -0.15) is 0 Å². The van der Waals surface area contributed by atoms with Crippen LogP contribution in [-0.4, -0.2) is 33.3 Å². The molecule has 0 unspecified atom stereocenters. The van der Waals surface area contributed by atoms with Crippen molar-refractivity contribution in [3.63, 3.8) is 0 Å². The number of methoxy groups -OCH3 is 1. The molecule has 8 nitrogen and oxygen atoms in total. The number of ether oxygens (including phenoxy) is 1. The van der Waals surface area contributed by atoms with Crippen LogP contribution in [0.3, 0.4) is 0 Å². The fourth-order valence-corrected chi connectivity index (χ4v) is 4.56. The van der Waals surface area contributed by atoms with E-state index in [0.29, 0.717) is 12.2 Å². The van der Waals surface area contributed by atoms with Gasteiger partial charge in [-0.25, -0.2) is 9.36 Å². The van der Waals surface area contributed by atoms with Gasteiger partial charge in [0, 0.05) is 23.1 Å². The number of H-pyrrole nitrogens is 2. The second kappa shape index (κ2) is 7.42. The summed E-state index contributed by atoms with van der Waals surface area (Å²) in [6.45, 7) is 4.38. The highest BCUT2D eigenvalue weighted by atomic mass is 16.5. The first-order valence-electron chi connectivity index (χ1n) is 10.5. The highest BCUT2D eigenvalue weighted by Gasteiger charge is 2.31. The lowest BCUT2D eigenvalue weighted by molar-refractivity contribution is 0.409. The molecule has 3 heterocycles. The van der Waals surface area contributed by atoms with E-state index < -0.39 is 17.3 Å².